The lowest BCUT2D eigenvalue weighted by Crippen LogP contribution is -2.60. The molecule has 0 heterocycles. The van der Waals surface area contributed by atoms with Crippen molar-refractivity contribution < 1.29 is 42.1 Å². The molecule has 0 spiro atoms. The Labute approximate surface area is 129 Å². The fraction of sp³-hybridized carbons (Fsp3) is 0.417. The highest BCUT2D eigenvalue weighted by atomic mass is 31.2. The summed E-state index contributed by atoms with van der Waals surface area (Å²) in [5.74, 6) is -1.88. The fourth-order valence-corrected chi connectivity index (χ4v) is 3.11. The highest BCUT2D eigenvalue weighted by molar-refractivity contribution is 7.51. The number of rotatable bonds is 7. The first-order valence-electron chi connectivity index (χ1n) is 6.28. The molecule has 23 heavy (non-hydrogen) atoms. The van der Waals surface area contributed by atoms with Gasteiger partial charge in [0, 0.05) is 6.42 Å². The first-order valence-corrected chi connectivity index (χ1v) is 8.08. The summed E-state index contributed by atoms with van der Waals surface area (Å²) in [7, 11) is -5.18. The molecular formula is C12H15F3NO6P. The van der Waals surface area contributed by atoms with Crippen LogP contribution in [-0.4, -0.2) is 50.6 Å². The van der Waals surface area contributed by atoms with E-state index in [9.17, 15) is 27.7 Å². The maximum absolute atomic E-state index is 13.3. The summed E-state index contributed by atoms with van der Waals surface area (Å²) in [5, 5.41) is 21.1. The first kappa shape index (κ1) is 19.6. The van der Waals surface area contributed by atoms with Crippen LogP contribution in [0.1, 0.15) is 5.56 Å². The Balaban J connectivity index is 3.27. The number of hydrogen-bond donors (Lipinski definition) is 3. The highest BCUT2D eigenvalue weighted by Crippen LogP contribution is 2.42. The molecule has 130 valence electrons. The number of benzene rings is 1. The van der Waals surface area contributed by atoms with Crippen molar-refractivity contribution in [2.75, 3.05) is 12.8 Å². The number of hydrogen-bond acceptors (Lipinski definition) is 3. The number of carbonyl (C=O) groups is 1. The zero-order valence-electron chi connectivity index (χ0n) is 11.7. The Morgan fingerprint density at radius 1 is 1.26 bits per heavy atom. The number of aliphatic carboxylic acids is 1. The number of carboxylic acids is 1. The topological polar surface area (TPSA) is 118 Å². The van der Waals surface area contributed by atoms with Crippen molar-refractivity contribution in [2.45, 2.75) is 18.6 Å². The average Bonchev–Trinajstić information content (AvgIpc) is 2.32. The number of nitrogens with zero attached hydrogens (tertiary/aromatic N) is 1. The Kier molecular flexibility index (Phi) is 5.95. The van der Waals surface area contributed by atoms with E-state index >= 15 is 0 Å². The predicted molar refractivity (Wildman–Crippen MR) is 73.0 cm³/mol. The van der Waals surface area contributed by atoms with Gasteiger partial charge >= 0.3 is 19.7 Å². The second kappa shape index (κ2) is 6.98. The van der Waals surface area contributed by atoms with Gasteiger partial charge in [-0.05, 0) is 5.56 Å². The summed E-state index contributed by atoms with van der Waals surface area (Å²) < 4.78 is 48.2. The molecule has 0 amide bonds. The molecule has 0 bridgehead atoms. The van der Waals surface area contributed by atoms with E-state index in [2.05, 4.69) is 0 Å². The summed E-state index contributed by atoms with van der Waals surface area (Å²) in [6.45, 7) is -1.61. The number of quaternary nitrogens is 1. The van der Waals surface area contributed by atoms with E-state index in [1.54, 1.807) is 0 Å². The third-order valence-corrected chi connectivity index (χ3v) is 3.89. The van der Waals surface area contributed by atoms with Crippen molar-refractivity contribution in [2.24, 2.45) is 0 Å². The maximum atomic E-state index is 13.3. The molecule has 7 nitrogen and oxygen atoms in total. The van der Waals surface area contributed by atoms with Crippen LogP contribution in [0.4, 0.5) is 13.2 Å². The predicted octanol–water partition coefficient (Wildman–Crippen LogP) is 1.69. The van der Waals surface area contributed by atoms with E-state index in [-0.39, 0.29) is 5.56 Å². The van der Waals surface area contributed by atoms with Gasteiger partial charge in [-0.2, -0.15) is 13.2 Å². The largest absolute Gasteiger partial charge is 0.632 e. The van der Waals surface area contributed by atoms with E-state index in [1.165, 1.54) is 30.3 Å². The highest BCUT2D eigenvalue weighted by Gasteiger charge is 2.52. The van der Waals surface area contributed by atoms with E-state index < -0.39 is 49.7 Å². The second-order valence-electron chi connectivity index (χ2n) is 5.06. The molecule has 0 fully saturated rings. The molecule has 0 saturated heterocycles. The number of alkyl halides is 3. The minimum absolute atomic E-state index is 0.101. The third-order valence-electron chi connectivity index (χ3n) is 3.04. The molecule has 11 heteroatoms. The van der Waals surface area contributed by atoms with Crippen LogP contribution in [0, 0.1) is 5.21 Å². The summed E-state index contributed by atoms with van der Waals surface area (Å²) in [6, 6.07) is 4.21. The van der Waals surface area contributed by atoms with Gasteiger partial charge in [0.15, 0.2) is 18.9 Å². The molecule has 1 aromatic carbocycles. The van der Waals surface area contributed by atoms with Crippen molar-refractivity contribution in [3.8, 4) is 0 Å². The van der Waals surface area contributed by atoms with Crippen LogP contribution in [0.3, 0.4) is 0 Å². The van der Waals surface area contributed by atoms with Crippen molar-refractivity contribution in [3.63, 3.8) is 0 Å². The third kappa shape index (κ3) is 6.28. The van der Waals surface area contributed by atoms with Crippen LogP contribution >= 0.6 is 7.60 Å². The molecule has 0 radical (unpaired) electrons. The molecule has 0 saturated carbocycles. The Bertz CT molecular complexity index is 590. The summed E-state index contributed by atoms with van der Waals surface area (Å²) in [4.78, 5) is 28.5. The number of carboxylic acid groups (broad SMARTS) is 1. The molecule has 1 rings (SSSR count). The number of halogens is 3. The molecular weight excluding hydrogens is 342 g/mol. The van der Waals surface area contributed by atoms with Crippen LogP contribution in [-0.2, 0) is 15.8 Å². The average molecular weight is 357 g/mol. The first-order chi connectivity index (χ1) is 10.3. The lowest BCUT2D eigenvalue weighted by molar-refractivity contribution is -0.900. The van der Waals surface area contributed by atoms with Crippen LogP contribution in [0.5, 0.6) is 0 Å². The smallest absolute Gasteiger partial charge is 0.441 e. The molecule has 2 unspecified atom stereocenters. The lowest BCUT2D eigenvalue weighted by Gasteiger charge is -2.47. The van der Waals surface area contributed by atoms with E-state index in [0.29, 0.717) is 0 Å². The second-order valence-corrected chi connectivity index (χ2v) is 6.67. The van der Waals surface area contributed by atoms with Gasteiger partial charge in [-0.1, -0.05) is 30.3 Å². The van der Waals surface area contributed by atoms with Gasteiger partial charge in [0.25, 0.3) is 0 Å². The summed E-state index contributed by atoms with van der Waals surface area (Å²) >= 11 is 0. The van der Waals surface area contributed by atoms with Gasteiger partial charge in [0.2, 0.25) is 0 Å². The van der Waals surface area contributed by atoms with E-state index in [4.69, 9.17) is 14.9 Å². The van der Waals surface area contributed by atoms with Gasteiger partial charge in [-0.15, -0.1) is 0 Å². The summed E-state index contributed by atoms with van der Waals surface area (Å²) in [6.07, 6.45) is -7.79. The molecule has 0 aliphatic heterocycles. The molecule has 0 aromatic heterocycles. The molecule has 1 aromatic rings. The van der Waals surface area contributed by atoms with Crippen molar-refractivity contribution in [3.05, 3.63) is 41.1 Å². The van der Waals surface area contributed by atoms with E-state index in [0.717, 1.165) is 0 Å². The van der Waals surface area contributed by atoms with Gasteiger partial charge in [0.1, 0.15) is 0 Å². The SMILES string of the molecule is O=C(O)C[N+]([O-])(CP(=O)(O)O)C(Cc1ccccc1)C(F)(F)F. The normalized spacial score (nSPS) is 16.6. The Hall–Kier alpha value is -1.45. The standard InChI is InChI=1S/C12H15F3NO6P/c13-12(14,15)10(6-9-4-2-1-3-5-9)16(19,7-11(17)18)8-23(20,21)22/h1-5,10H,6-8H2,(H,17,18)(H2,20,21,22). The minimum atomic E-state index is -5.18. The monoisotopic (exact) mass is 357 g/mol. The zero-order valence-corrected chi connectivity index (χ0v) is 12.6. The Morgan fingerprint density at radius 3 is 2.17 bits per heavy atom. The van der Waals surface area contributed by atoms with Crippen LogP contribution < -0.4 is 0 Å². The van der Waals surface area contributed by atoms with Gasteiger partial charge in [0.05, 0.1) is 0 Å². The van der Waals surface area contributed by atoms with E-state index in [1.807, 2.05) is 0 Å². The molecule has 2 atom stereocenters. The molecule has 0 aliphatic rings. The minimum Gasteiger partial charge on any atom is -0.632 e. The van der Waals surface area contributed by atoms with Crippen LogP contribution in [0.2, 0.25) is 0 Å². The van der Waals surface area contributed by atoms with Gasteiger partial charge in [-0.3, -0.25) is 4.57 Å². The van der Waals surface area contributed by atoms with Gasteiger partial charge in [-0.25, -0.2) is 4.79 Å². The number of hydroxylamine groups is 3. The zero-order chi connectivity index (χ0) is 17.9. The molecule has 0 aliphatic carbocycles. The van der Waals surface area contributed by atoms with Gasteiger partial charge < -0.3 is 24.7 Å². The Morgan fingerprint density at radius 2 is 1.78 bits per heavy atom. The quantitative estimate of drug-likeness (QED) is 0.388. The lowest BCUT2D eigenvalue weighted by atomic mass is 10.0. The van der Waals surface area contributed by atoms with Crippen molar-refractivity contribution in [1.29, 1.82) is 0 Å². The maximum Gasteiger partial charge on any atom is 0.441 e. The van der Waals surface area contributed by atoms with Crippen molar-refractivity contribution >= 4 is 13.6 Å². The van der Waals surface area contributed by atoms with Crippen LogP contribution in [0.15, 0.2) is 30.3 Å². The summed E-state index contributed by atoms with van der Waals surface area (Å²) in [5.41, 5.74) is 0.101. The van der Waals surface area contributed by atoms with Crippen LogP contribution in [0.25, 0.3) is 0 Å². The molecule has 3 N–H and O–H groups in total. The van der Waals surface area contributed by atoms with Crippen molar-refractivity contribution in [1.82, 2.24) is 0 Å². The fourth-order valence-electron chi connectivity index (χ4n) is 2.19.